The molecule has 238 valence electrons. The fourth-order valence-electron chi connectivity index (χ4n) is 7.89. The van der Waals surface area contributed by atoms with Gasteiger partial charge in [-0.2, -0.15) is 0 Å². The van der Waals surface area contributed by atoms with Gasteiger partial charge in [0.05, 0.1) is 16.6 Å². The van der Waals surface area contributed by atoms with E-state index in [4.69, 9.17) is 14.4 Å². The first-order valence-electron chi connectivity index (χ1n) is 17.3. The first-order chi connectivity index (χ1) is 24.4. The van der Waals surface area contributed by atoms with Gasteiger partial charge in [0, 0.05) is 10.8 Å². The summed E-state index contributed by atoms with van der Waals surface area (Å²) in [6.45, 7) is 9.14. The molecule has 0 amide bonds. The molecule has 0 fully saturated rings. The molecule has 0 atom stereocenters. The largest absolute Gasteiger partial charge is 0.454 e. The standard InChI is InChI=1S/C46H35BN2O/c1-28-12-5-8-17-38(28)47(39-18-9-6-13-29(39)2)44-30(3)20-22-35(31(44)4)34-15-11-14-32(26-34)33-21-24-40-42(27-33)49-45-41(48-40)25-23-37-36-16-7-10-19-43(36)50-46(37)45/h5-27H,1-4H3. The zero-order valence-corrected chi connectivity index (χ0v) is 28.7. The molecule has 4 heteroatoms. The van der Waals surface area contributed by atoms with Crippen molar-refractivity contribution in [3.05, 3.63) is 162 Å². The van der Waals surface area contributed by atoms with Crippen LogP contribution in [0.5, 0.6) is 0 Å². The van der Waals surface area contributed by atoms with Gasteiger partial charge in [-0.15, -0.1) is 0 Å². The lowest BCUT2D eigenvalue weighted by atomic mass is 9.34. The normalized spacial score (nSPS) is 11.6. The second-order valence-electron chi connectivity index (χ2n) is 13.5. The Balaban J connectivity index is 1.16. The monoisotopic (exact) mass is 642 g/mol. The maximum atomic E-state index is 6.31. The van der Waals surface area contributed by atoms with Gasteiger partial charge in [0.15, 0.2) is 5.58 Å². The van der Waals surface area contributed by atoms with Gasteiger partial charge in [-0.25, -0.2) is 9.97 Å². The van der Waals surface area contributed by atoms with Crippen LogP contribution in [0.4, 0.5) is 0 Å². The van der Waals surface area contributed by atoms with Gasteiger partial charge in [0.1, 0.15) is 11.1 Å². The zero-order valence-electron chi connectivity index (χ0n) is 28.7. The van der Waals surface area contributed by atoms with Crippen LogP contribution in [0.1, 0.15) is 22.3 Å². The maximum Gasteiger partial charge on any atom is 0.242 e. The molecule has 2 aromatic heterocycles. The molecule has 3 nitrogen and oxygen atoms in total. The van der Waals surface area contributed by atoms with Crippen molar-refractivity contribution in [2.24, 2.45) is 0 Å². The van der Waals surface area contributed by atoms with Crippen molar-refractivity contribution in [1.82, 2.24) is 9.97 Å². The van der Waals surface area contributed by atoms with E-state index < -0.39 is 0 Å². The molecule has 0 aliphatic heterocycles. The molecule has 0 radical (unpaired) electrons. The van der Waals surface area contributed by atoms with E-state index in [0.717, 1.165) is 55.1 Å². The molecule has 9 rings (SSSR count). The Labute approximate surface area is 292 Å². The third kappa shape index (κ3) is 4.90. The van der Waals surface area contributed by atoms with Crippen molar-refractivity contribution >= 4 is 67.1 Å². The lowest BCUT2D eigenvalue weighted by Crippen LogP contribution is -2.55. The second-order valence-corrected chi connectivity index (χ2v) is 13.5. The Bertz CT molecular complexity index is 2730. The van der Waals surface area contributed by atoms with E-state index in [9.17, 15) is 0 Å². The van der Waals surface area contributed by atoms with Crippen LogP contribution in [0.3, 0.4) is 0 Å². The van der Waals surface area contributed by atoms with Gasteiger partial charge in [-0.3, -0.25) is 0 Å². The van der Waals surface area contributed by atoms with E-state index in [1.54, 1.807) is 0 Å². The number of aryl methyl sites for hydroxylation is 3. The van der Waals surface area contributed by atoms with E-state index in [2.05, 4.69) is 143 Å². The second kappa shape index (κ2) is 11.9. The first kappa shape index (κ1) is 30.1. The summed E-state index contributed by atoms with van der Waals surface area (Å²) >= 11 is 0. The van der Waals surface area contributed by atoms with Crippen LogP contribution in [-0.2, 0) is 0 Å². The van der Waals surface area contributed by atoms with E-state index in [1.807, 2.05) is 24.3 Å². The third-order valence-corrected chi connectivity index (χ3v) is 10.5. The number of hydrogen-bond donors (Lipinski definition) is 0. The lowest BCUT2D eigenvalue weighted by molar-refractivity contribution is 0.671. The topological polar surface area (TPSA) is 38.9 Å². The van der Waals surface area contributed by atoms with Crippen LogP contribution in [0.25, 0.3) is 66.3 Å². The summed E-state index contributed by atoms with van der Waals surface area (Å²) in [5.74, 6) is 0. The van der Waals surface area contributed by atoms with E-state index >= 15 is 0 Å². The number of aromatic nitrogens is 2. The van der Waals surface area contributed by atoms with Crippen molar-refractivity contribution in [3.8, 4) is 22.3 Å². The minimum absolute atomic E-state index is 0.132. The molecule has 0 saturated heterocycles. The Morgan fingerprint density at radius 1 is 0.480 bits per heavy atom. The van der Waals surface area contributed by atoms with Gasteiger partial charge in [0.2, 0.25) is 6.71 Å². The smallest absolute Gasteiger partial charge is 0.242 e. The van der Waals surface area contributed by atoms with Crippen molar-refractivity contribution < 1.29 is 4.42 Å². The van der Waals surface area contributed by atoms with Gasteiger partial charge in [-0.1, -0.05) is 136 Å². The van der Waals surface area contributed by atoms with Crippen LogP contribution in [-0.4, -0.2) is 16.7 Å². The maximum absolute atomic E-state index is 6.31. The highest BCUT2D eigenvalue weighted by Gasteiger charge is 2.28. The zero-order chi connectivity index (χ0) is 33.9. The molecular weight excluding hydrogens is 607 g/mol. The highest BCUT2D eigenvalue weighted by atomic mass is 16.3. The number of fused-ring (bicyclic) bond motifs is 6. The molecule has 2 heterocycles. The minimum atomic E-state index is 0.132. The predicted molar refractivity (Wildman–Crippen MR) is 212 cm³/mol. The first-order valence-corrected chi connectivity index (χ1v) is 17.3. The Hall–Kier alpha value is -6.00. The Morgan fingerprint density at radius 2 is 1.16 bits per heavy atom. The average Bonchev–Trinajstić information content (AvgIpc) is 3.53. The number of furan rings is 1. The molecule has 50 heavy (non-hydrogen) atoms. The van der Waals surface area contributed by atoms with Crippen molar-refractivity contribution in [2.45, 2.75) is 27.7 Å². The molecule has 0 spiro atoms. The molecule has 0 aliphatic rings. The summed E-state index contributed by atoms with van der Waals surface area (Å²) in [6, 6.07) is 49.8. The molecule has 7 aromatic carbocycles. The highest BCUT2D eigenvalue weighted by Crippen LogP contribution is 2.35. The van der Waals surface area contributed by atoms with Crippen molar-refractivity contribution in [1.29, 1.82) is 0 Å². The minimum Gasteiger partial charge on any atom is -0.454 e. The van der Waals surface area contributed by atoms with Gasteiger partial charge in [-0.05, 0) is 91.9 Å². The molecule has 0 saturated carbocycles. The quantitative estimate of drug-likeness (QED) is 0.139. The highest BCUT2D eigenvalue weighted by molar-refractivity contribution is 6.96. The summed E-state index contributed by atoms with van der Waals surface area (Å²) in [7, 11) is 0. The van der Waals surface area contributed by atoms with Crippen LogP contribution in [0.15, 0.2) is 144 Å². The Morgan fingerprint density at radius 3 is 1.94 bits per heavy atom. The van der Waals surface area contributed by atoms with Gasteiger partial charge in [0.25, 0.3) is 0 Å². The van der Waals surface area contributed by atoms with E-state index in [-0.39, 0.29) is 6.71 Å². The number of rotatable bonds is 5. The van der Waals surface area contributed by atoms with Crippen LogP contribution < -0.4 is 16.4 Å². The molecule has 0 aliphatic carbocycles. The fraction of sp³-hybridized carbons (Fsp3) is 0.0870. The number of hydrogen-bond acceptors (Lipinski definition) is 3. The van der Waals surface area contributed by atoms with Crippen LogP contribution in [0.2, 0.25) is 0 Å². The van der Waals surface area contributed by atoms with Gasteiger partial charge < -0.3 is 4.42 Å². The number of nitrogens with zero attached hydrogens (tertiary/aromatic N) is 2. The molecule has 0 bridgehead atoms. The average molecular weight is 643 g/mol. The predicted octanol–water partition coefficient (Wildman–Crippen LogP) is 9.77. The summed E-state index contributed by atoms with van der Waals surface area (Å²) in [4.78, 5) is 10.1. The number of benzene rings is 7. The molecular formula is C46H35BN2O. The summed E-state index contributed by atoms with van der Waals surface area (Å²) in [5.41, 5.74) is 19.0. The summed E-state index contributed by atoms with van der Waals surface area (Å²) in [6.07, 6.45) is 0. The van der Waals surface area contributed by atoms with Crippen molar-refractivity contribution in [3.63, 3.8) is 0 Å². The van der Waals surface area contributed by atoms with Gasteiger partial charge >= 0.3 is 0 Å². The molecule has 9 aromatic rings. The molecule has 0 N–H and O–H groups in total. The Kier molecular flexibility index (Phi) is 7.13. The number of para-hydroxylation sites is 1. The van der Waals surface area contributed by atoms with E-state index in [0.29, 0.717) is 0 Å². The summed E-state index contributed by atoms with van der Waals surface area (Å²) < 4.78 is 6.31. The van der Waals surface area contributed by atoms with Crippen LogP contribution >= 0.6 is 0 Å². The third-order valence-electron chi connectivity index (χ3n) is 10.5. The molecule has 0 unspecified atom stereocenters. The van der Waals surface area contributed by atoms with E-state index in [1.165, 1.54) is 49.8 Å². The summed E-state index contributed by atoms with van der Waals surface area (Å²) in [5, 5.41) is 2.15. The van der Waals surface area contributed by atoms with Crippen LogP contribution in [0, 0.1) is 27.7 Å². The van der Waals surface area contributed by atoms with Crippen molar-refractivity contribution in [2.75, 3.05) is 0 Å². The lowest BCUT2D eigenvalue weighted by Gasteiger charge is -2.25. The SMILES string of the molecule is Cc1ccccc1B(c1ccccc1C)c1c(C)ccc(-c2cccc(-c3ccc4nc5ccc6c7ccccc7oc6c5nc4c3)c2)c1C. The fourth-order valence-corrected chi connectivity index (χ4v) is 7.89.